The minimum atomic E-state index is -0.404. The Hall–Kier alpha value is -2.05. The second-order valence-corrected chi connectivity index (χ2v) is 4.46. The Morgan fingerprint density at radius 3 is 2.67 bits per heavy atom. The normalized spacial score (nSPS) is 10.4. The molecule has 0 saturated heterocycles. The van der Waals surface area contributed by atoms with E-state index < -0.39 is 5.91 Å². The molecule has 1 aromatic rings. The maximum atomic E-state index is 11.1. The van der Waals surface area contributed by atoms with Crippen molar-refractivity contribution < 1.29 is 4.79 Å². The van der Waals surface area contributed by atoms with Gasteiger partial charge in [-0.05, 0) is 5.92 Å². The lowest BCUT2D eigenvalue weighted by Gasteiger charge is -2.24. The van der Waals surface area contributed by atoms with Gasteiger partial charge >= 0.3 is 0 Å². The predicted molar refractivity (Wildman–Crippen MR) is 72.2 cm³/mol. The quantitative estimate of drug-likeness (QED) is 0.659. The van der Waals surface area contributed by atoms with Crippen molar-refractivity contribution in [3.63, 3.8) is 0 Å². The summed E-state index contributed by atoms with van der Waals surface area (Å²) in [4.78, 5) is 21.0. The molecule has 1 heterocycles. The molecule has 0 spiro atoms. The van der Waals surface area contributed by atoms with Gasteiger partial charge in [-0.1, -0.05) is 13.8 Å². The zero-order valence-electron chi connectivity index (χ0n) is 11.0. The first-order valence-corrected chi connectivity index (χ1v) is 5.78. The van der Waals surface area contributed by atoms with Crippen LogP contribution in [-0.4, -0.2) is 36.0 Å². The monoisotopic (exact) mass is 252 g/mol. The highest BCUT2D eigenvalue weighted by molar-refractivity contribution is 5.79. The molecular weight excluding hydrogens is 232 g/mol. The van der Waals surface area contributed by atoms with Crippen LogP contribution in [0.5, 0.6) is 0 Å². The van der Waals surface area contributed by atoms with Crippen LogP contribution in [0.1, 0.15) is 13.8 Å². The van der Waals surface area contributed by atoms with E-state index in [9.17, 15) is 4.79 Å². The third-order valence-corrected chi connectivity index (χ3v) is 2.24. The molecule has 0 unspecified atom stereocenters. The van der Waals surface area contributed by atoms with Gasteiger partial charge in [0, 0.05) is 19.7 Å². The van der Waals surface area contributed by atoms with Crippen molar-refractivity contribution in [1.29, 1.82) is 0 Å². The van der Waals surface area contributed by atoms with Crippen LogP contribution in [0.25, 0.3) is 0 Å². The fourth-order valence-corrected chi connectivity index (χ4v) is 1.61. The van der Waals surface area contributed by atoms with Gasteiger partial charge in [0.2, 0.25) is 11.9 Å². The number of nitrogens with two attached hydrogens (primary N) is 2. The molecular formula is C11H20N6O. The van der Waals surface area contributed by atoms with Crippen molar-refractivity contribution in [3.8, 4) is 0 Å². The number of aromatic nitrogens is 2. The summed E-state index contributed by atoms with van der Waals surface area (Å²) in [7, 11) is 1.74. The maximum Gasteiger partial charge on any atom is 0.236 e. The molecule has 0 saturated carbocycles. The summed E-state index contributed by atoms with van der Waals surface area (Å²) in [6.45, 7) is 4.88. The molecule has 0 fully saturated rings. The van der Waals surface area contributed by atoms with E-state index in [2.05, 4.69) is 29.1 Å². The summed E-state index contributed by atoms with van der Waals surface area (Å²) in [6, 6.07) is 1.74. The van der Waals surface area contributed by atoms with E-state index in [1.165, 1.54) is 0 Å². The number of nitrogens with zero attached hydrogens (tertiary/aromatic N) is 3. The van der Waals surface area contributed by atoms with E-state index in [4.69, 9.17) is 11.5 Å². The molecule has 1 amide bonds. The Bertz CT molecular complexity index is 420. The topological polar surface area (TPSA) is 110 Å². The highest BCUT2D eigenvalue weighted by Crippen LogP contribution is 2.17. The SMILES string of the molecule is CNc1cc(N(CC(N)=O)CC(C)C)nc(N)n1. The van der Waals surface area contributed by atoms with E-state index in [0.29, 0.717) is 24.1 Å². The van der Waals surface area contributed by atoms with Crippen LogP contribution in [0.2, 0.25) is 0 Å². The Kier molecular flexibility index (Phi) is 4.70. The molecule has 100 valence electrons. The lowest BCUT2D eigenvalue weighted by atomic mass is 10.2. The summed E-state index contributed by atoms with van der Waals surface area (Å²) in [5, 5.41) is 2.90. The molecule has 7 nitrogen and oxygen atoms in total. The second-order valence-electron chi connectivity index (χ2n) is 4.46. The predicted octanol–water partition coefficient (Wildman–Crippen LogP) is 0.0482. The molecule has 7 heteroatoms. The minimum Gasteiger partial charge on any atom is -0.373 e. The molecule has 0 bridgehead atoms. The zero-order valence-corrected chi connectivity index (χ0v) is 11.0. The molecule has 1 rings (SSSR count). The van der Waals surface area contributed by atoms with Crippen LogP contribution in [0.15, 0.2) is 6.07 Å². The van der Waals surface area contributed by atoms with Crippen LogP contribution in [0.4, 0.5) is 17.6 Å². The van der Waals surface area contributed by atoms with Crippen molar-refractivity contribution in [3.05, 3.63) is 6.07 Å². The molecule has 0 aliphatic carbocycles. The van der Waals surface area contributed by atoms with Gasteiger partial charge in [0.15, 0.2) is 0 Å². The number of primary amides is 1. The number of hydrogen-bond acceptors (Lipinski definition) is 6. The average molecular weight is 252 g/mol. The van der Waals surface area contributed by atoms with Gasteiger partial charge in [0.05, 0.1) is 6.54 Å². The van der Waals surface area contributed by atoms with E-state index >= 15 is 0 Å². The molecule has 0 radical (unpaired) electrons. The van der Waals surface area contributed by atoms with Gasteiger partial charge in [0.25, 0.3) is 0 Å². The van der Waals surface area contributed by atoms with Crippen LogP contribution < -0.4 is 21.7 Å². The third kappa shape index (κ3) is 4.08. The highest BCUT2D eigenvalue weighted by atomic mass is 16.1. The van der Waals surface area contributed by atoms with Crippen LogP contribution in [0, 0.1) is 5.92 Å². The van der Waals surface area contributed by atoms with Crippen molar-refractivity contribution in [2.75, 3.05) is 36.1 Å². The van der Waals surface area contributed by atoms with Crippen molar-refractivity contribution >= 4 is 23.5 Å². The zero-order chi connectivity index (χ0) is 13.7. The average Bonchev–Trinajstić information content (AvgIpc) is 2.26. The van der Waals surface area contributed by atoms with Gasteiger partial charge in [-0.2, -0.15) is 9.97 Å². The number of nitrogens with one attached hydrogen (secondary N) is 1. The lowest BCUT2D eigenvalue weighted by Crippen LogP contribution is -2.37. The molecule has 0 aliphatic rings. The number of nitrogen functional groups attached to an aromatic ring is 1. The molecule has 18 heavy (non-hydrogen) atoms. The summed E-state index contributed by atoms with van der Waals surface area (Å²) >= 11 is 0. The number of anilines is 3. The Morgan fingerprint density at radius 2 is 2.17 bits per heavy atom. The lowest BCUT2D eigenvalue weighted by molar-refractivity contribution is -0.116. The van der Waals surface area contributed by atoms with E-state index in [-0.39, 0.29) is 12.5 Å². The Labute approximate surface area is 107 Å². The Morgan fingerprint density at radius 1 is 1.50 bits per heavy atom. The van der Waals surface area contributed by atoms with Crippen molar-refractivity contribution in [2.45, 2.75) is 13.8 Å². The van der Waals surface area contributed by atoms with Gasteiger partial charge < -0.3 is 21.7 Å². The standard InChI is InChI=1S/C11H20N6O/c1-7(2)5-17(6-8(12)18)10-4-9(14-3)15-11(13)16-10/h4,7H,5-6H2,1-3H3,(H2,12,18)(H3,13,14,15,16). The maximum absolute atomic E-state index is 11.1. The molecule has 5 N–H and O–H groups in total. The fourth-order valence-electron chi connectivity index (χ4n) is 1.61. The molecule has 0 atom stereocenters. The first-order chi connectivity index (χ1) is 8.42. The third-order valence-electron chi connectivity index (χ3n) is 2.24. The van der Waals surface area contributed by atoms with E-state index in [1.54, 1.807) is 18.0 Å². The number of carbonyl (C=O) groups is 1. The largest absolute Gasteiger partial charge is 0.373 e. The number of rotatable bonds is 6. The second kappa shape index (κ2) is 6.04. The summed E-state index contributed by atoms with van der Waals surface area (Å²) in [5.74, 6) is 1.34. The van der Waals surface area contributed by atoms with Crippen LogP contribution >= 0.6 is 0 Å². The van der Waals surface area contributed by atoms with Gasteiger partial charge in [-0.15, -0.1) is 0 Å². The summed E-state index contributed by atoms with van der Waals surface area (Å²) < 4.78 is 0. The summed E-state index contributed by atoms with van der Waals surface area (Å²) in [6.07, 6.45) is 0. The van der Waals surface area contributed by atoms with E-state index in [0.717, 1.165) is 0 Å². The minimum absolute atomic E-state index is 0.109. The van der Waals surface area contributed by atoms with E-state index in [1.807, 2.05) is 0 Å². The first-order valence-electron chi connectivity index (χ1n) is 5.78. The first kappa shape index (κ1) is 14.0. The van der Waals surface area contributed by atoms with Crippen LogP contribution in [0.3, 0.4) is 0 Å². The van der Waals surface area contributed by atoms with Gasteiger partial charge in [-0.25, -0.2) is 0 Å². The molecule has 0 aliphatic heterocycles. The highest BCUT2D eigenvalue weighted by Gasteiger charge is 2.14. The van der Waals surface area contributed by atoms with Crippen molar-refractivity contribution in [1.82, 2.24) is 9.97 Å². The fraction of sp³-hybridized carbons (Fsp3) is 0.545. The van der Waals surface area contributed by atoms with Crippen LogP contribution in [-0.2, 0) is 4.79 Å². The Balaban J connectivity index is 3.02. The smallest absolute Gasteiger partial charge is 0.236 e. The summed E-state index contributed by atoms with van der Waals surface area (Å²) in [5.41, 5.74) is 10.9. The molecule has 1 aromatic heterocycles. The number of amides is 1. The van der Waals surface area contributed by atoms with Gasteiger partial charge in [-0.3, -0.25) is 4.79 Å². The van der Waals surface area contributed by atoms with Crippen molar-refractivity contribution in [2.24, 2.45) is 11.7 Å². The molecule has 0 aromatic carbocycles. The number of carbonyl (C=O) groups excluding carboxylic acids is 1. The van der Waals surface area contributed by atoms with Gasteiger partial charge in [0.1, 0.15) is 11.6 Å². The number of hydrogen-bond donors (Lipinski definition) is 3.